The van der Waals surface area contributed by atoms with Crippen LogP contribution < -0.4 is 10.6 Å². The van der Waals surface area contributed by atoms with Gasteiger partial charge in [0, 0.05) is 18.2 Å². The number of rotatable bonds is 5. The summed E-state index contributed by atoms with van der Waals surface area (Å²) in [6.45, 7) is 1.21. The van der Waals surface area contributed by atoms with Crippen molar-refractivity contribution < 1.29 is 12.8 Å². The molecule has 0 amide bonds. The third kappa shape index (κ3) is 5.45. The first-order valence-corrected chi connectivity index (χ1v) is 9.19. The lowest BCUT2D eigenvalue weighted by Gasteiger charge is -2.14. The molecule has 6 nitrogen and oxygen atoms in total. The van der Waals surface area contributed by atoms with Gasteiger partial charge in [-0.1, -0.05) is 0 Å². The maximum absolute atomic E-state index is 11.5. The van der Waals surface area contributed by atoms with Crippen LogP contribution in [-0.4, -0.2) is 38.5 Å². The molecule has 1 unspecified atom stereocenters. The first-order valence-electron chi connectivity index (χ1n) is 7.37. The Balaban J connectivity index is 0.00000176. The number of aliphatic imine (C=N–C) groups is 1. The summed E-state index contributed by atoms with van der Waals surface area (Å²) < 4.78 is 28.0. The molecule has 0 aromatic carbocycles. The van der Waals surface area contributed by atoms with E-state index in [-0.39, 0.29) is 29.9 Å². The molecule has 3 rings (SSSR count). The average Bonchev–Trinajstić information content (AvgIpc) is 2.97. The maximum atomic E-state index is 11.5. The lowest BCUT2D eigenvalue weighted by Crippen LogP contribution is -2.41. The van der Waals surface area contributed by atoms with Gasteiger partial charge in [0.15, 0.2) is 15.8 Å². The molecule has 2 fully saturated rings. The quantitative estimate of drug-likeness (QED) is 0.413. The predicted molar refractivity (Wildman–Crippen MR) is 96.2 cm³/mol. The Bertz CT molecular complexity index is 597. The van der Waals surface area contributed by atoms with Gasteiger partial charge in [-0.05, 0) is 31.2 Å². The lowest BCUT2D eigenvalue weighted by atomic mass is 10.1. The number of hydrogen-bond donors (Lipinski definition) is 2. The molecule has 1 atom stereocenters. The van der Waals surface area contributed by atoms with Gasteiger partial charge in [0.25, 0.3) is 0 Å². The normalized spacial score (nSPS) is 23.8. The molecule has 1 aliphatic heterocycles. The van der Waals surface area contributed by atoms with E-state index in [0.717, 1.165) is 17.9 Å². The van der Waals surface area contributed by atoms with Gasteiger partial charge in [0.2, 0.25) is 0 Å². The van der Waals surface area contributed by atoms with Crippen molar-refractivity contribution >= 4 is 39.8 Å². The summed E-state index contributed by atoms with van der Waals surface area (Å²) in [5, 5.41) is 6.63. The first kappa shape index (κ1) is 17.6. The van der Waals surface area contributed by atoms with Gasteiger partial charge >= 0.3 is 0 Å². The SMILES string of the molecule is I.O=S1(=O)CCC(CNC(=NCc2ccoc2)NC2CC2)C1. The fraction of sp³-hybridized carbons (Fsp3) is 0.643. The molecule has 1 aliphatic carbocycles. The van der Waals surface area contributed by atoms with E-state index in [4.69, 9.17) is 4.42 Å². The second-order valence-corrected chi connectivity index (χ2v) is 8.09. The zero-order valence-electron chi connectivity index (χ0n) is 12.3. The molecule has 1 saturated heterocycles. The van der Waals surface area contributed by atoms with Crippen LogP contribution in [0.3, 0.4) is 0 Å². The van der Waals surface area contributed by atoms with Crippen LogP contribution in [0.5, 0.6) is 0 Å². The lowest BCUT2D eigenvalue weighted by molar-refractivity contribution is 0.562. The fourth-order valence-corrected chi connectivity index (χ4v) is 4.26. The minimum Gasteiger partial charge on any atom is -0.472 e. The zero-order chi connectivity index (χ0) is 14.7. The van der Waals surface area contributed by atoms with Crippen LogP contribution in [0, 0.1) is 5.92 Å². The van der Waals surface area contributed by atoms with Crippen molar-refractivity contribution in [2.45, 2.75) is 31.8 Å². The fourth-order valence-electron chi connectivity index (χ4n) is 2.40. The third-order valence-corrected chi connectivity index (χ3v) is 5.64. The molecule has 2 N–H and O–H groups in total. The van der Waals surface area contributed by atoms with Crippen LogP contribution in [0.15, 0.2) is 28.0 Å². The average molecular weight is 439 g/mol. The third-order valence-electron chi connectivity index (χ3n) is 3.80. The van der Waals surface area contributed by atoms with Gasteiger partial charge in [-0.2, -0.15) is 0 Å². The van der Waals surface area contributed by atoms with Crippen molar-refractivity contribution in [2.75, 3.05) is 18.1 Å². The topological polar surface area (TPSA) is 83.7 Å². The van der Waals surface area contributed by atoms with Crippen LogP contribution in [-0.2, 0) is 16.4 Å². The molecule has 2 aliphatic rings. The van der Waals surface area contributed by atoms with Gasteiger partial charge in [0.1, 0.15) is 0 Å². The molecule has 8 heteroatoms. The van der Waals surface area contributed by atoms with Crippen LogP contribution in [0.2, 0.25) is 0 Å². The number of nitrogens with zero attached hydrogens (tertiary/aromatic N) is 1. The summed E-state index contributed by atoms with van der Waals surface area (Å²) in [5.74, 6) is 1.56. The zero-order valence-corrected chi connectivity index (χ0v) is 15.5. The van der Waals surface area contributed by atoms with Crippen molar-refractivity contribution in [1.82, 2.24) is 10.6 Å². The number of halogens is 1. The van der Waals surface area contributed by atoms with Gasteiger partial charge in [-0.15, -0.1) is 24.0 Å². The Morgan fingerprint density at radius 2 is 2.18 bits per heavy atom. The number of nitrogens with one attached hydrogen (secondary N) is 2. The van der Waals surface area contributed by atoms with Gasteiger partial charge in [-0.3, -0.25) is 0 Å². The van der Waals surface area contributed by atoms with Gasteiger partial charge in [0.05, 0.1) is 30.6 Å². The Kier molecular flexibility index (Phi) is 6.13. The van der Waals surface area contributed by atoms with Crippen molar-refractivity contribution in [3.05, 3.63) is 24.2 Å². The van der Waals surface area contributed by atoms with Crippen LogP contribution in [0.1, 0.15) is 24.8 Å². The highest BCUT2D eigenvalue weighted by molar-refractivity contribution is 14.0. The van der Waals surface area contributed by atoms with Crippen LogP contribution in [0.25, 0.3) is 0 Å². The van der Waals surface area contributed by atoms with Gasteiger partial charge < -0.3 is 15.1 Å². The van der Waals surface area contributed by atoms with Crippen molar-refractivity contribution in [3.63, 3.8) is 0 Å². The monoisotopic (exact) mass is 439 g/mol. The smallest absolute Gasteiger partial charge is 0.191 e. The number of hydrogen-bond acceptors (Lipinski definition) is 4. The number of sulfone groups is 1. The van der Waals surface area contributed by atoms with E-state index in [1.54, 1.807) is 12.5 Å². The summed E-state index contributed by atoms with van der Waals surface area (Å²) >= 11 is 0. The van der Waals surface area contributed by atoms with E-state index in [1.165, 1.54) is 12.8 Å². The van der Waals surface area contributed by atoms with E-state index in [0.29, 0.717) is 30.6 Å². The molecule has 0 spiro atoms. The maximum Gasteiger partial charge on any atom is 0.191 e. The number of furan rings is 1. The van der Waals surface area contributed by atoms with Crippen molar-refractivity contribution in [2.24, 2.45) is 10.9 Å². The Labute approximate surface area is 148 Å². The Morgan fingerprint density at radius 1 is 1.36 bits per heavy atom. The minimum atomic E-state index is -2.81. The second kappa shape index (κ2) is 7.67. The summed E-state index contributed by atoms with van der Waals surface area (Å²) in [4.78, 5) is 4.53. The van der Waals surface area contributed by atoms with Crippen molar-refractivity contribution in [3.8, 4) is 0 Å². The number of guanidine groups is 1. The molecule has 22 heavy (non-hydrogen) atoms. The first-order chi connectivity index (χ1) is 10.1. The largest absolute Gasteiger partial charge is 0.472 e. The highest BCUT2D eigenvalue weighted by Gasteiger charge is 2.28. The Morgan fingerprint density at radius 3 is 2.77 bits per heavy atom. The molecule has 1 aromatic rings. The standard InChI is InChI=1S/C14H21N3O3S.HI/c18-21(19)6-4-12(10-21)8-16-14(17-13-1-2-13)15-7-11-3-5-20-9-11;/h3,5,9,12-13H,1-2,4,6-8,10H2,(H2,15,16,17);1H. The summed E-state index contributed by atoms with van der Waals surface area (Å²) in [6.07, 6.45) is 6.40. The summed E-state index contributed by atoms with van der Waals surface area (Å²) in [6, 6.07) is 2.40. The van der Waals surface area contributed by atoms with E-state index in [1.807, 2.05) is 6.07 Å². The second-order valence-electron chi connectivity index (χ2n) is 5.87. The van der Waals surface area contributed by atoms with Crippen molar-refractivity contribution in [1.29, 1.82) is 0 Å². The molecule has 2 heterocycles. The molecule has 1 aromatic heterocycles. The minimum absolute atomic E-state index is 0. The predicted octanol–water partition coefficient (Wildman–Crippen LogP) is 1.53. The van der Waals surface area contributed by atoms with E-state index in [9.17, 15) is 8.42 Å². The van der Waals surface area contributed by atoms with E-state index < -0.39 is 9.84 Å². The highest BCUT2D eigenvalue weighted by Crippen LogP contribution is 2.19. The summed E-state index contributed by atoms with van der Waals surface area (Å²) in [5.41, 5.74) is 1.02. The van der Waals surface area contributed by atoms with Crippen LogP contribution in [0.4, 0.5) is 0 Å². The molecular weight excluding hydrogens is 417 g/mol. The molecule has 0 bridgehead atoms. The molecular formula is C14H22IN3O3S. The van der Waals surface area contributed by atoms with Gasteiger partial charge in [-0.25, -0.2) is 13.4 Å². The molecule has 0 radical (unpaired) electrons. The molecule has 124 valence electrons. The van der Waals surface area contributed by atoms with Crippen LogP contribution >= 0.6 is 24.0 Å². The van der Waals surface area contributed by atoms with E-state index in [2.05, 4.69) is 15.6 Å². The Hall–Kier alpha value is -0.770. The highest BCUT2D eigenvalue weighted by atomic mass is 127. The molecule has 1 saturated carbocycles. The summed E-state index contributed by atoms with van der Waals surface area (Å²) in [7, 11) is -2.81. The van der Waals surface area contributed by atoms with E-state index >= 15 is 0 Å².